The molecule has 0 aromatic rings. The second-order valence-corrected chi connectivity index (χ2v) is 3.90. The minimum atomic E-state index is -1.13. The first-order valence-electron chi connectivity index (χ1n) is 3.70. The van der Waals surface area contributed by atoms with Gasteiger partial charge in [0.25, 0.3) is 0 Å². The molecule has 0 saturated heterocycles. The summed E-state index contributed by atoms with van der Waals surface area (Å²) in [6.45, 7) is 7.56. The zero-order chi connectivity index (χ0) is 8.41. The van der Waals surface area contributed by atoms with E-state index in [1.54, 1.807) is 13.8 Å². The van der Waals surface area contributed by atoms with Crippen molar-refractivity contribution in [3.8, 4) is 0 Å². The molecule has 0 aromatic carbocycles. The van der Waals surface area contributed by atoms with Gasteiger partial charge < -0.3 is 5.73 Å². The van der Waals surface area contributed by atoms with Crippen LogP contribution < -0.4 is 5.73 Å². The summed E-state index contributed by atoms with van der Waals surface area (Å²) in [4.78, 5) is 0. The Bertz CT molecular complexity index is 102. The van der Waals surface area contributed by atoms with Gasteiger partial charge in [-0.25, -0.2) is 4.39 Å². The van der Waals surface area contributed by atoms with E-state index >= 15 is 0 Å². The van der Waals surface area contributed by atoms with Crippen molar-refractivity contribution < 1.29 is 4.39 Å². The summed E-state index contributed by atoms with van der Waals surface area (Å²) in [6, 6.07) is 0. The van der Waals surface area contributed by atoms with Crippen LogP contribution in [0.1, 0.15) is 34.1 Å². The molecule has 0 heterocycles. The fraction of sp³-hybridized carbons (Fsp3) is 1.00. The van der Waals surface area contributed by atoms with E-state index in [4.69, 9.17) is 5.73 Å². The lowest BCUT2D eigenvalue weighted by atomic mass is 9.76. The molecule has 0 aliphatic carbocycles. The van der Waals surface area contributed by atoms with Gasteiger partial charge in [-0.1, -0.05) is 13.8 Å². The Morgan fingerprint density at radius 2 is 1.60 bits per heavy atom. The lowest BCUT2D eigenvalue weighted by Crippen LogP contribution is -2.36. The summed E-state index contributed by atoms with van der Waals surface area (Å²) in [5.74, 6) is 0. The molecule has 0 rings (SSSR count). The maximum absolute atomic E-state index is 13.3. The smallest absolute Gasteiger partial charge is 0.110 e. The van der Waals surface area contributed by atoms with Crippen LogP contribution in [-0.2, 0) is 0 Å². The first-order chi connectivity index (χ1) is 4.31. The van der Waals surface area contributed by atoms with Crippen LogP contribution in [-0.4, -0.2) is 12.2 Å². The molecule has 0 saturated carbocycles. The van der Waals surface area contributed by atoms with Gasteiger partial charge in [0.15, 0.2) is 0 Å². The zero-order valence-corrected chi connectivity index (χ0v) is 7.37. The van der Waals surface area contributed by atoms with Gasteiger partial charge in [0.1, 0.15) is 5.67 Å². The third-order valence-corrected chi connectivity index (χ3v) is 2.38. The average Bonchev–Trinajstić information content (AvgIpc) is 1.61. The fourth-order valence-corrected chi connectivity index (χ4v) is 0.658. The molecule has 0 aliphatic heterocycles. The summed E-state index contributed by atoms with van der Waals surface area (Å²) in [5.41, 5.74) is 3.91. The van der Waals surface area contributed by atoms with Crippen molar-refractivity contribution in [2.75, 3.05) is 6.54 Å². The summed E-state index contributed by atoms with van der Waals surface area (Å²) in [6.07, 6.45) is 0.733. The number of rotatable bonds is 3. The standard InChI is InChI=1S/C8H18FN/c1-7(2,5-6-10)8(3,4)9/h5-6,10H2,1-4H3. The lowest BCUT2D eigenvalue weighted by molar-refractivity contribution is 0.0474. The molecule has 0 aromatic heterocycles. The normalized spacial score (nSPS) is 13.8. The van der Waals surface area contributed by atoms with Crippen molar-refractivity contribution in [2.24, 2.45) is 11.1 Å². The van der Waals surface area contributed by atoms with E-state index in [9.17, 15) is 4.39 Å². The highest BCUT2D eigenvalue weighted by Gasteiger charge is 2.35. The van der Waals surface area contributed by atoms with E-state index in [0.29, 0.717) is 6.54 Å². The van der Waals surface area contributed by atoms with E-state index < -0.39 is 5.67 Å². The van der Waals surface area contributed by atoms with Crippen LogP contribution in [0, 0.1) is 5.41 Å². The van der Waals surface area contributed by atoms with Gasteiger partial charge in [0, 0.05) is 0 Å². The van der Waals surface area contributed by atoms with Gasteiger partial charge >= 0.3 is 0 Å². The highest BCUT2D eigenvalue weighted by atomic mass is 19.1. The van der Waals surface area contributed by atoms with Crippen LogP contribution in [0.15, 0.2) is 0 Å². The Kier molecular flexibility index (Phi) is 2.84. The first kappa shape index (κ1) is 9.89. The zero-order valence-electron chi connectivity index (χ0n) is 7.37. The maximum atomic E-state index is 13.3. The quantitative estimate of drug-likeness (QED) is 0.650. The second-order valence-electron chi connectivity index (χ2n) is 3.90. The number of halogens is 1. The van der Waals surface area contributed by atoms with Crippen LogP contribution >= 0.6 is 0 Å². The van der Waals surface area contributed by atoms with Crippen LogP contribution in [0.4, 0.5) is 4.39 Å². The van der Waals surface area contributed by atoms with Crippen LogP contribution in [0.25, 0.3) is 0 Å². The van der Waals surface area contributed by atoms with Crippen LogP contribution in [0.3, 0.4) is 0 Å². The molecule has 0 radical (unpaired) electrons. The van der Waals surface area contributed by atoms with E-state index in [1.807, 2.05) is 13.8 Å². The molecule has 0 aliphatic rings. The average molecular weight is 147 g/mol. The van der Waals surface area contributed by atoms with Gasteiger partial charge in [-0.2, -0.15) is 0 Å². The van der Waals surface area contributed by atoms with E-state index in [2.05, 4.69) is 0 Å². The molecule has 0 unspecified atom stereocenters. The third-order valence-electron chi connectivity index (χ3n) is 2.38. The molecule has 0 atom stereocenters. The molecular formula is C8H18FN. The molecular weight excluding hydrogens is 129 g/mol. The van der Waals surface area contributed by atoms with Crippen molar-refractivity contribution >= 4 is 0 Å². The molecule has 0 bridgehead atoms. The van der Waals surface area contributed by atoms with Gasteiger partial charge in [-0.3, -0.25) is 0 Å². The van der Waals surface area contributed by atoms with E-state index in [1.165, 1.54) is 0 Å². The van der Waals surface area contributed by atoms with Crippen molar-refractivity contribution in [1.29, 1.82) is 0 Å². The summed E-state index contributed by atoms with van der Waals surface area (Å²) in [7, 11) is 0. The largest absolute Gasteiger partial charge is 0.330 e. The first-order valence-corrected chi connectivity index (χ1v) is 3.70. The summed E-state index contributed by atoms with van der Waals surface area (Å²) < 4.78 is 13.3. The Balaban J connectivity index is 4.10. The number of alkyl halides is 1. The Labute approximate surface area is 62.8 Å². The Morgan fingerprint density at radius 3 is 1.70 bits per heavy atom. The molecule has 0 spiro atoms. The molecule has 2 heteroatoms. The minimum Gasteiger partial charge on any atom is -0.330 e. The lowest BCUT2D eigenvalue weighted by Gasteiger charge is -2.34. The topological polar surface area (TPSA) is 26.0 Å². The van der Waals surface area contributed by atoms with Gasteiger partial charge in [0.2, 0.25) is 0 Å². The minimum absolute atomic E-state index is 0.304. The molecule has 62 valence electrons. The molecule has 10 heavy (non-hydrogen) atoms. The van der Waals surface area contributed by atoms with Crippen LogP contribution in [0.5, 0.6) is 0 Å². The molecule has 1 nitrogen and oxygen atoms in total. The fourth-order valence-electron chi connectivity index (χ4n) is 0.658. The highest BCUT2D eigenvalue weighted by Crippen LogP contribution is 2.36. The number of hydrogen-bond acceptors (Lipinski definition) is 1. The predicted molar refractivity (Wildman–Crippen MR) is 42.6 cm³/mol. The number of hydrogen-bond donors (Lipinski definition) is 1. The van der Waals surface area contributed by atoms with Gasteiger partial charge in [-0.15, -0.1) is 0 Å². The SMILES string of the molecule is CC(C)(F)C(C)(C)CCN. The molecule has 2 N–H and O–H groups in total. The summed E-state index contributed by atoms with van der Waals surface area (Å²) >= 11 is 0. The van der Waals surface area contributed by atoms with Crippen molar-refractivity contribution in [3.05, 3.63) is 0 Å². The van der Waals surface area contributed by atoms with Crippen molar-refractivity contribution in [2.45, 2.75) is 39.8 Å². The second kappa shape index (κ2) is 2.87. The van der Waals surface area contributed by atoms with E-state index in [-0.39, 0.29) is 5.41 Å². The molecule has 0 amide bonds. The summed E-state index contributed by atoms with van der Waals surface area (Å²) in [5, 5.41) is 0. The van der Waals surface area contributed by atoms with Gasteiger partial charge in [-0.05, 0) is 32.2 Å². The highest BCUT2D eigenvalue weighted by molar-refractivity contribution is 4.86. The van der Waals surface area contributed by atoms with Gasteiger partial charge in [0.05, 0.1) is 0 Å². The Hall–Kier alpha value is -0.110. The van der Waals surface area contributed by atoms with E-state index in [0.717, 1.165) is 6.42 Å². The predicted octanol–water partition coefficient (Wildman–Crippen LogP) is 2.11. The maximum Gasteiger partial charge on any atom is 0.110 e. The monoisotopic (exact) mass is 147 g/mol. The van der Waals surface area contributed by atoms with Crippen LogP contribution in [0.2, 0.25) is 0 Å². The third kappa shape index (κ3) is 2.25. The Morgan fingerprint density at radius 1 is 1.20 bits per heavy atom. The molecule has 0 fully saturated rings. The van der Waals surface area contributed by atoms with Crippen molar-refractivity contribution in [3.63, 3.8) is 0 Å². The number of nitrogens with two attached hydrogens (primary N) is 1. The van der Waals surface area contributed by atoms with Crippen molar-refractivity contribution in [1.82, 2.24) is 0 Å².